The van der Waals surface area contributed by atoms with Gasteiger partial charge in [-0.25, -0.2) is 12.7 Å². The summed E-state index contributed by atoms with van der Waals surface area (Å²) in [6, 6.07) is 6.85. The molecule has 0 aromatic heterocycles. The Bertz CT molecular complexity index is 599. The van der Waals surface area contributed by atoms with Gasteiger partial charge in [0.2, 0.25) is 10.0 Å². The Kier molecular flexibility index (Phi) is 4.29. The molecule has 1 unspecified atom stereocenters. The fourth-order valence-corrected chi connectivity index (χ4v) is 3.82. The number of aliphatic carboxylic acids is 1. The maximum Gasteiger partial charge on any atom is 0.307 e. The Balaban J connectivity index is 2.09. The third kappa shape index (κ3) is 3.29. The van der Waals surface area contributed by atoms with E-state index in [0.717, 1.165) is 0 Å². The minimum atomic E-state index is -3.49. The van der Waals surface area contributed by atoms with Gasteiger partial charge in [-0.2, -0.15) is 0 Å². The van der Waals surface area contributed by atoms with Gasteiger partial charge in [-0.05, 0) is 24.1 Å². The zero-order valence-corrected chi connectivity index (χ0v) is 12.0. The average Bonchev–Trinajstić information content (AvgIpc) is 2.89. The molecule has 0 radical (unpaired) electrons. The Hall–Kier alpha value is -1.60. The molecule has 1 N–H and O–H groups in total. The number of carboxylic acid groups (broad SMARTS) is 1. The molecule has 1 saturated heterocycles. The molecule has 0 aliphatic carbocycles. The molecule has 0 amide bonds. The summed E-state index contributed by atoms with van der Waals surface area (Å²) in [5, 5.41) is 8.92. The van der Waals surface area contributed by atoms with Gasteiger partial charge in [-0.1, -0.05) is 12.1 Å². The lowest BCUT2D eigenvalue weighted by molar-refractivity contribution is -0.141. The van der Waals surface area contributed by atoms with E-state index in [1.807, 2.05) is 0 Å². The summed E-state index contributed by atoms with van der Waals surface area (Å²) in [4.78, 5) is 10.9. The van der Waals surface area contributed by atoms with E-state index in [4.69, 9.17) is 9.84 Å². The van der Waals surface area contributed by atoms with Crippen molar-refractivity contribution in [3.63, 3.8) is 0 Å². The third-order valence-corrected chi connectivity index (χ3v) is 5.19. The molecule has 1 heterocycles. The van der Waals surface area contributed by atoms with Gasteiger partial charge in [0.25, 0.3) is 0 Å². The minimum Gasteiger partial charge on any atom is -0.497 e. The maximum absolute atomic E-state index is 12.3. The van der Waals surface area contributed by atoms with Crippen molar-refractivity contribution >= 4 is 16.0 Å². The molecule has 1 fully saturated rings. The van der Waals surface area contributed by atoms with Crippen LogP contribution in [0.2, 0.25) is 0 Å². The predicted molar refractivity (Wildman–Crippen MR) is 72.9 cm³/mol. The van der Waals surface area contributed by atoms with E-state index in [-0.39, 0.29) is 18.8 Å². The number of sulfonamides is 1. The second kappa shape index (κ2) is 5.80. The Morgan fingerprint density at radius 1 is 1.50 bits per heavy atom. The number of carbonyl (C=O) groups is 1. The number of hydrogen-bond donors (Lipinski definition) is 1. The molecule has 6 nitrogen and oxygen atoms in total. The molecule has 1 atom stereocenters. The molecule has 1 aliphatic heterocycles. The van der Waals surface area contributed by atoms with Gasteiger partial charge >= 0.3 is 5.97 Å². The molecular formula is C13H17NO5S. The molecular weight excluding hydrogens is 282 g/mol. The largest absolute Gasteiger partial charge is 0.497 e. The van der Waals surface area contributed by atoms with E-state index >= 15 is 0 Å². The zero-order chi connectivity index (χ0) is 14.8. The van der Waals surface area contributed by atoms with E-state index < -0.39 is 21.9 Å². The molecule has 2 rings (SSSR count). The molecule has 0 spiro atoms. The van der Waals surface area contributed by atoms with Crippen LogP contribution in [0, 0.1) is 5.92 Å². The van der Waals surface area contributed by atoms with E-state index in [1.165, 1.54) is 11.4 Å². The van der Waals surface area contributed by atoms with E-state index in [2.05, 4.69) is 0 Å². The lowest BCUT2D eigenvalue weighted by Crippen LogP contribution is -2.31. The van der Waals surface area contributed by atoms with Crippen molar-refractivity contribution in [1.82, 2.24) is 4.31 Å². The van der Waals surface area contributed by atoms with Crippen LogP contribution in [-0.4, -0.2) is 44.0 Å². The predicted octanol–water partition coefficient (Wildman–Crippen LogP) is 0.931. The molecule has 1 aromatic rings. The highest BCUT2D eigenvalue weighted by atomic mass is 32.2. The van der Waals surface area contributed by atoms with Crippen molar-refractivity contribution in [3.05, 3.63) is 29.8 Å². The summed E-state index contributed by atoms with van der Waals surface area (Å²) in [7, 11) is -1.97. The van der Waals surface area contributed by atoms with Crippen LogP contribution in [0.15, 0.2) is 24.3 Å². The van der Waals surface area contributed by atoms with Crippen LogP contribution in [0.3, 0.4) is 0 Å². The number of benzene rings is 1. The van der Waals surface area contributed by atoms with Gasteiger partial charge in [-0.15, -0.1) is 0 Å². The zero-order valence-electron chi connectivity index (χ0n) is 11.2. The fourth-order valence-electron chi connectivity index (χ4n) is 2.25. The van der Waals surface area contributed by atoms with Crippen molar-refractivity contribution in [1.29, 1.82) is 0 Å². The quantitative estimate of drug-likeness (QED) is 0.874. The van der Waals surface area contributed by atoms with Gasteiger partial charge in [0, 0.05) is 13.1 Å². The number of nitrogens with zero attached hydrogens (tertiary/aromatic N) is 1. The highest BCUT2D eigenvalue weighted by Gasteiger charge is 2.34. The highest BCUT2D eigenvalue weighted by Crippen LogP contribution is 2.23. The first kappa shape index (κ1) is 14.8. The number of ether oxygens (including phenoxy) is 1. The van der Waals surface area contributed by atoms with Crippen molar-refractivity contribution < 1.29 is 23.1 Å². The van der Waals surface area contributed by atoms with Crippen LogP contribution in [0.5, 0.6) is 5.75 Å². The summed E-state index contributed by atoms with van der Waals surface area (Å²) in [6.07, 6.45) is 0.368. The summed E-state index contributed by atoms with van der Waals surface area (Å²) in [5.74, 6) is -1.09. The van der Waals surface area contributed by atoms with Gasteiger partial charge in [0.1, 0.15) is 5.75 Å². The summed E-state index contributed by atoms with van der Waals surface area (Å²) >= 11 is 0. The topological polar surface area (TPSA) is 83.9 Å². The van der Waals surface area contributed by atoms with E-state index in [1.54, 1.807) is 24.3 Å². The molecule has 0 saturated carbocycles. The average molecular weight is 299 g/mol. The monoisotopic (exact) mass is 299 g/mol. The number of rotatable bonds is 5. The van der Waals surface area contributed by atoms with Crippen molar-refractivity contribution in [2.24, 2.45) is 5.92 Å². The Labute approximate surface area is 118 Å². The van der Waals surface area contributed by atoms with Crippen LogP contribution >= 0.6 is 0 Å². The molecule has 1 aliphatic rings. The van der Waals surface area contributed by atoms with Crippen LogP contribution < -0.4 is 4.74 Å². The first-order valence-corrected chi connectivity index (χ1v) is 7.87. The lowest BCUT2D eigenvalue weighted by atomic mass is 10.1. The molecule has 1 aromatic carbocycles. The Morgan fingerprint density at radius 2 is 2.25 bits per heavy atom. The van der Waals surface area contributed by atoms with Gasteiger partial charge in [0.05, 0.1) is 18.8 Å². The summed E-state index contributed by atoms with van der Waals surface area (Å²) < 4.78 is 30.8. The van der Waals surface area contributed by atoms with Gasteiger partial charge in [-0.3, -0.25) is 4.79 Å². The second-order valence-electron chi connectivity index (χ2n) is 4.79. The van der Waals surface area contributed by atoms with Crippen LogP contribution in [0.25, 0.3) is 0 Å². The maximum atomic E-state index is 12.3. The first-order chi connectivity index (χ1) is 9.42. The summed E-state index contributed by atoms with van der Waals surface area (Å²) in [6.45, 7) is 0.324. The van der Waals surface area contributed by atoms with E-state index in [0.29, 0.717) is 17.7 Å². The number of hydrogen-bond acceptors (Lipinski definition) is 4. The smallest absolute Gasteiger partial charge is 0.307 e. The van der Waals surface area contributed by atoms with Gasteiger partial charge in [0.15, 0.2) is 0 Å². The fraction of sp³-hybridized carbons (Fsp3) is 0.462. The standard InChI is InChI=1S/C13H17NO5S/c1-19-12-4-2-3-10(7-12)9-20(17,18)14-6-5-11(8-14)13(15)16/h2-4,7,11H,5-6,8-9H2,1H3,(H,15,16). The SMILES string of the molecule is COc1cccc(CS(=O)(=O)N2CCC(C(=O)O)C2)c1. The van der Waals surface area contributed by atoms with Crippen molar-refractivity contribution in [2.75, 3.05) is 20.2 Å². The molecule has 20 heavy (non-hydrogen) atoms. The Morgan fingerprint density at radius 3 is 2.85 bits per heavy atom. The van der Waals surface area contributed by atoms with Crippen LogP contribution in [-0.2, 0) is 20.6 Å². The van der Waals surface area contributed by atoms with E-state index in [9.17, 15) is 13.2 Å². The number of methoxy groups -OCH3 is 1. The summed E-state index contributed by atoms with van der Waals surface area (Å²) in [5.41, 5.74) is 0.628. The minimum absolute atomic E-state index is 0.0572. The molecule has 0 bridgehead atoms. The molecule has 110 valence electrons. The normalized spacial score (nSPS) is 19.9. The second-order valence-corrected chi connectivity index (χ2v) is 6.76. The van der Waals surface area contributed by atoms with Crippen molar-refractivity contribution in [3.8, 4) is 5.75 Å². The third-order valence-electron chi connectivity index (χ3n) is 3.38. The van der Waals surface area contributed by atoms with Gasteiger partial charge < -0.3 is 9.84 Å². The first-order valence-electron chi connectivity index (χ1n) is 6.26. The highest BCUT2D eigenvalue weighted by molar-refractivity contribution is 7.88. The number of carboxylic acids is 1. The molecule has 7 heteroatoms. The van der Waals surface area contributed by atoms with Crippen LogP contribution in [0.4, 0.5) is 0 Å². The lowest BCUT2D eigenvalue weighted by Gasteiger charge is -2.16. The van der Waals surface area contributed by atoms with Crippen LogP contribution in [0.1, 0.15) is 12.0 Å². The van der Waals surface area contributed by atoms with Crippen molar-refractivity contribution in [2.45, 2.75) is 12.2 Å².